The van der Waals surface area contributed by atoms with E-state index in [4.69, 9.17) is 10.5 Å². The summed E-state index contributed by atoms with van der Waals surface area (Å²) in [5.41, 5.74) is 15.7. The topological polar surface area (TPSA) is 148 Å². The molecule has 0 spiro atoms. The number of halogens is 5. The number of benzene rings is 2. The fourth-order valence-electron chi connectivity index (χ4n) is 7.90. The first-order valence-electron chi connectivity index (χ1n) is 19.7. The second-order valence-electron chi connectivity index (χ2n) is 15.1. The predicted octanol–water partition coefficient (Wildman–Crippen LogP) is 9.74. The van der Waals surface area contributed by atoms with E-state index in [0.29, 0.717) is 17.0 Å². The first-order valence-corrected chi connectivity index (χ1v) is 19.7. The summed E-state index contributed by atoms with van der Waals surface area (Å²) in [5.74, 6) is -0.470. The molecule has 10 nitrogen and oxygen atoms in total. The number of nitriles is 1. The summed E-state index contributed by atoms with van der Waals surface area (Å²) in [5, 5.41) is 9.99. The molecule has 6 aromatic rings. The van der Waals surface area contributed by atoms with Crippen molar-refractivity contribution in [2.24, 2.45) is 5.73 Å². The SMILES string of the molecule is C.CN1CCC(c2[nH]c(-c3ccc(F)cc3)c(-c3ccncc3)c2C#N)CC1.CN1CCC(c2[nH]c(-c3ccc(F)cc3)c(-c3ccncc3)c2C(N)=O)CC1.O=CC(F)(F)F. The van der Waals surface area contributed by atoms with Crippen LogP contribution in [0.1, 0.15) is 72.3 Å². The van der Waals surface area contributed by atoms with Crippen molar-refractivity contribution in [3.63, 3.8) is 0 Å². The number of alkyl halides is 3. The third-order valence-electron chi connectivity index (χ3n) is 11.0. The van der Waals surface area contributed by atoms with Crippen LogP contribution >= 0.6 is 0 Å². The molecule has 62 heavy (non-hydrogen) atoms. The largest absolute Gasteiger partial charge is 0.446 e. The van der Waals surface area contributed by atoms with Crippen LogP contribution in [-0.4, -0.2) is 88.4 Å². The van der Waals surface area contributed by atoms with Crippen molar-refractivity contribution < 1.29 is 31.5 Å². The van der Waals surface area contributed by atoms with E-state index in [9.17, 15) is 32.0 Å². The van der Waals surface area contributed by atoms with Crippen molar-refractivity contribution in [1.82, 2.24) is 29.7 Å². The van der Waals surface area contributed by atoms with Crippen LogP contribution in [-0.2, 0) is 4.79 Å². The molecule has 2 aliphatic rings. The molecule has 0 aliphatic carbocycles. The molecule has 8 rings (SSSR count). The maximum atomic E-state index is 13.5. The minimum Gasteiger partial charge on any atom is -0.366 e. The monoisotopic (exact) mass is 852 g/mol. The molecule has 6 heterocycles. The van der Waals surface area contributed by atoms with E-state index < -0.39 is 18.4 Å². The Morgan fingerprint density at radius 3 is 1.45 bits per heavy atom. The van der Waals surface area contributed by atoms with Crippen molar-refractivity contribution >= 4 is 12.2 Å². The standard InChI is InChI=1S/C22H23FN4O.C22H21FN4.C2HF3O.CH4/c1-27-12-8-16(9-13-27)21-19(22(24)28)18(14-6-10-25-11-7-14)20(26-21)15-2-4-17(23)5-3-15;1-27-12-8-17(9-13-27)21-19(14-24)20(15-6-10-25-11-7-15)22(26-21)16-2-4-18(23)5-3-16;3-2(4,5)1-6;/h2-7,10-11,16,26H,8-9,12-13H2,1H3,(H2,24,28);2-7,10-11,17,26H,8-9,12-13H2,1H3;1H;1H4. The minimum atomic E-state index is -4.64. The summed E-state index contributed by atoms with van der Waals surface area (Å²) in [6.45, 7) is 3.98. The van der Waals surface area contributed by atoms with Crippen LogP contribution in [0.3, 0.4) is 0 Å². The summed E-state index contributed by atoms with van der Waals surface area (Å²) < 4.78 is 58.1. The van der Waals surface area contributed by atoms with Gasteiger partial charge >= 0.3 is 6.18 Å². The van der Waals surface area contributed by atoms with Gasteiger partial charge in [0.15, 0.2) is 0 Å². The Labute approximate surface area is 357 Å². The number of pyridine rings is 2. The van der Waals surface area contributed by atoms with E-state index in [2.05, 4.69) is 49.9 Å². The molecular formula is C47H49F5N8O2. The number of carbonyl (C=O) groups is 2. The molecule has 0 saturated carbocycles. The molecule has 0 bridgehead atoms. The number of H-pyrrole nitrogens is 2. The third-order valence-corrected chi connectivity index (χ3v) is 11.0. The van der Waals surface area contributed by atoms with E-state index in [0.717, 1.165) is 108 Å². The molecule has 324 valence electrons. The second kappa shape index (κ2) is 20.8. The van der Waals surface area contributed by atoms with Gasteiger partial charge in [-0.3, -0.25) is 19.6 Å². The molecule has 2 fully saturated rings. The number of primary amides is 1. The molecule has 4 N–H and O–H groups in total. The molecule has 1 amide bonds. The van der Waals surface area contributed by atoms with Gasteiger partial charge < -0.3 is 25.5 Å². The summed E-state index contributed by atoms with van der Waals surface area (Å²) in [6, 6.07) is 22.7. The lowest BCUT2D eigenvalue weighted by Crippen LogP contribution is -2.30. The summed E-state index contributed by atoms with van der Waals surface area (Å²) in [7, 11) is 4.23. The Hall–Kier alpha value is -6.50. The number of nitrogens with one attached hydrogen (secondary N) is 2. The van der Waals surface area contributed by atoms with Gasteiger partial charge in [0.1, 0.15) is 17.7 Å². The Morgan fingerprint density at radius 2 is 1.06 bits per heavy atom. The highest BCUT2D eigenvalue weighted by molar-refractivity contribution is 6.05. The number of hydrogen-bond acceptors (Lipinski definition) is 7. The average molecular weight is 853 g/mol. The first-order chi connectivity index (χ1) is 29.3. The fourth-order valence-corrected chi connectivity index (χ4v) is 7.90. The third kappa shape index (κ3) is 11.2. The van der Waals surface area contributed by atoms with Gasteiger partial charge in [0.05, 0.1) is 22.5 Å². The van der Waals surface area contributed by atoms with Crippen LogP contribution in [0, 0.1) is 23.0 Å². The van der Waals surface area contributed by atoms with Gasteiger partial charge in [-0.25, -0.2) is 8.78 Å². The molecular weight excluding hydrogens is 804 g/mol. The van der Waals surface area contributed by atoms with Crippen molar-refractivity contribution in [2.75, 3.05) is 40.3 Å². The Bertz CT molecular complexity index is 2430. The Morgan fingerprint density at radius 1 is 0.694 bits per heavy atom. The molecule has 2 saturated heterocycles. The molecule has 0 radical (unpaired) electrons. The zero-order valence-corrected chi connectivity index (χ0v) is 33.6. The van der Waals surface area contributed by atoms with Crippen LogP contribution in [0.5, 0.6) is 0 Å². The number of hydrogen-bond donors (Lipinski definition) is 3. The smallest absolute Gasteiger partial charge is 0.366 e. The quantitative estimate of drug-likeness (QED) is 0.107. The van der Waals surface area contributed by atoms with Gasteiger partial charge in [-0.1, -0.05) is 7.43 Å². The minimum absolute atomic E-state index is 0. The highest BCUT2D eigenvalue weighted by atomic mass is 19.4. The first kappa shape index (κ1) is 46.6. The zero-order chi connectivity index (χ0) is 43.7. The lowest BCUT2D eigenvalue weighted by Gasteiger charge is -2.29. The molecule has 0 atom stereocenters. The zero-order valence-electron chi connectivity index (χ0n) is 33.6. The highest BCUT2D eigenvalue weighted by Gasteiger charge is 2.31. The van der Waals surface area contributed by atoms with Crippen LogP contribution in [0.4, 0.5) is 22.0 Å². The second-order valence-corrected chi connectivity index (χ2v) is 15.1. The molecule has 15 heteroatoms. The van der Waals surface area contributed by atoms with E-state index in [1.54, 1.807) is 49.1 Å². The maximum Gasteiger partial charge on any atom is 0.446 e. The number of nitrogens with two attached hydrogens (primary N) is 1. The number of aldehydes is 1. The number of aromatic amines is 2. The van der Waals surface area contributed by atoms with Crippen molar-refractivity contribution in [1.29, 1.82) is 5.26 Å². The number of amides is 1. The molecule has 4 aromatic heterocycles. The summed E-state index contributed by atoms with van der Waals surface area (Å²) in [4.78, 5) is 41.0. The normalized spacial score (nSPS) is 14.9. The lowest BCUT2D eigenvalue weighted by atomic mass is 9.89. The highest BCUT2D eigenvalue weighted by Crippen LogP contribution is 2.42. The van der Waals surface area contributed by atoms with E-state index >= 15 is 0 Å². The Balaban J connectivity index is 0.000000204. The van der Waals surface area contributed by atoms with E-state index in [-0.39, 0.29) is 25.0 Å². The van der Waals surface area contributed by atoms with E-state index in [1.165, 1.54) is 24.3 Å². The number of nitrogens with zero attached hydrogens (tertiary/aromatic N) is 5. The van der Waals surface area contributed by atoms with Gasteiger partial charge in [-0.2, -0.15) is 18.4 Å². The Kier molecular flexibility index (Phi) is 15.7. The number of likely N-dealkylation sites (tertiary alicyclic amines) is 2. The summed E-state index contributed by atoms with van der Waals surface area (Å²) >= 11 is 0. The lowest BCUT2D eigenvalue weighted by molar-refractivity contribution is -0.156. The van der Waals surface area contributed by atoms with Crippen molar-refractivity contribution in [3.8, 4) is 50.8 Å². The van der Waals surface area contributed by atoms with Crippen LogP contribution in [0.15, 0.2) is 97.6 Å². The van der Waals surface area contributed by atoms with Crippen LogP contribution in [0.2, 0.25) is 0 Å². The molecule has 0 unspecified atom stereocenters. The van der Waals surface area contributed by atoms with Gasteiger partial charge in [0.2, 0.25) is 6.29 Å². The number of rotatable bonds is 7. The average Bonchev–Trinajstić information content (AvgIpc) is 3.86. The van der Waals surface area contributed by atoms with Crippen molar-refractivity contribution in [3.05, 3.63) is 132 Å². The van der Waals surface area contributed by atoms with Gasteiger partial charge in [0, 0.05) is 59.1 Å². The molecule has 2 aromatic carbocycles. The van der Waals surface area contributed by atoms with Gasteiger partial charge in [-0.15, -0.1) is 0 Å². The van der Waals surface area contributed by atoms with Crippen LogP contribution in [0.25, 0.3) is 44.8 Å². The predicted molar refractivity (Wildman–Crippen MR) is 230 cm³/mol. The van der Waals surface area contributed by atoms with Gasteiger partial charge in [0.25, 0.3) is 5.91 Å². The van der Waals surface area contributed by atoms with E-state index in [1.807, 2.05) is 24.3 Å². The number of carbonyl (C=O) groups excluding carboxylic acids is 2. The molecule has 2 aliphatic heterocycles. The van der Waals surface area contributed by atoms with Gasteiger partial charge in [-0.05, 0) is 161 Å². The fraction of sp³-hybridized carbons (Fsp3) is 0.298. The number of piperidine rings is 2. The van der Waals surface area contributed by atoms with Crippen LogP contribution < -0.4 is 5.73 Å². The number of aromatic nitrogens is 4. The maximum absolute atomic E-state index is 13.5. The summed E-state index contributed by atoms with van der Waals surface area (Å²) in [6.07, 6.45) is 5.08. The van der Waals surface area contributed by atoms with Crippen molar-refractivity contribution in [2.45, 2.75) is 51.1 Å².